The molecular formula is C24H17ClN2O4. The first kappa shape index (κ1) is 19.2. The maximum atomic E-state index is 13.0. The third-order valence-corrected chi connectivity index (χ3v) is 5.39. The van der Waals surface area contributed by atoms with Crippen LogP contribution in [0.2, 0.25) is 5.02 Å². The fourth-order valence-electron chi connectivity index (χ4n) is 3.63. The number of halogens is 1. The second-order valence-electron chi connectivity index (χ2n) is 7.17. The fraction of sp³-hybridized carbons (Fsp3) is 0.0833. The van der Waals surface area contributed by atoms with Gasteiger partial charge >= 0.3 is 0 Å². The number of nitrogens with one attached hydrogen (secondary N) is 1. The number of para-hydroxylation sites is 1. The first-order chi connectivity index (χ1) is 15.1. The summed E-state index contributed by atoms with van der Waals surface area (Å²) in [5, 5.41) is 4.04. The van der Waals surface area contributed by atoms with E-state index >= 15 is 0 Å². The van der Waals surface area contributed by atoms with E-state index in [1.807, 2.05) is 53.1 Å². The number of Topliss-reactive ketones (excluding diaryl/α,β-unsaturated/α-hetero) is 1. The normalized spacial score (nSPS) is 12.2. The fourth-order valence-corrected chi connectivity index (χ4v) is 3.76. The summed E-state index contributed by atoms with van der Waals surface area (Å²) in [6.45, 7) is 0.688. The number of amides is 1. The lowest BCUT2D eigenvalue weighted by Crippen LogP contribution is -2.22. The Morgan fingerprint density at radius 2 is 1.74 bits per heavy atom. The highest BCUT2D eigenvalue weighted by atomic mass is 35.5. The van der Waals surface area contributed by atoms with Crippen LogP contribution in [0.25, 0.3) is 10.9 Å². The van der Waals surface area contributed by atoms with Gasteiger partial charge in [0.05, 0.1) is 5.56 Å². The minimum absolute atomic E-state index is 0.138. The van der Waals surface area contributed by atoms with Gasteiger partial charge in [-0.15, -0.1) is 0 Å². The Labute approximate surface area is 183 Å². The number of hydrogen-bond acceptors (Lipinski definition) is 4. The monoisotopic (exact) mass is 432 g/mol. The standard InChI is InChI=1S/C24H17ClN2O4/c25-16-7-5-15(6-8-16)12-27-13-19(18-3-1-2-4-20(18)27)23(28)24(29)26-17-9-10-21-22(11-17)31-14-30-21/h1-11,13H,12,14H2,(H,26,29). The molecule has 1 N–H and O–H groups in total. The quantitative estimate of drug-likeness (QED) is 0.360. The third-order valence-electron chi connectivity index (χ3n) is 5.14. The van der Waals surface area contributed by atoms with Crippen LogP contribution in [0.5, 0.6) is 11.5 Å². The predicted octanol–water partition coefficient (Wildman–Crippen LogP) is 4.89. The molecule has 0 unspecified atom stereocenters. The van der Waals surface area contributed by atoms with Crippen molar-refractivity contribution in [2.75, 3.05) is 12.1 Å². The van der Waals surface area contributed by atoms with Gasteiger partial charge in [-0.3, -0.25) is 9.59 Å². The molecule has 5 rings (SSSR count). The van der Waals surface area contributed by atoms with E-state index in [4.69, 9.17) is 21.1 Å². The smallest absolute Gasteiger partial charge is 0.296 e. The van der Waals surface area contributed by atoms with E-state index in [0.29, 0.717) is 34.3 Å². The number of ether oxygens (including phenoxy) is 2. The molecule has 2 heterocycles. The molecular weight excluding hydrogens is 416 g/mol. The second-order valence-corrected chi connectivity index (χ2v) is 7.60. The van der Waals surface area contributed by atoms with Crippen LogP contribution >= 0.6 is 11.6 Å². The molecule has 3 aromatic carbocycles. The van der Waals surface area contributed by atoms with E-state index in [0.717, 1.165) is 16.5 Å². The van der Waals surface area contributed by atoms with Gasteiger partial charge < -0.3 is 19.4 Å². The highest BCUT2D eigenvalue weighted by molar-refractivity contribution is 6.48. The summed E-state index contributed by atoms with van der Waals surface area (Å²) in [5.41, 5.74) is 2.72. The molecule has 6 nitrogen and oxygen atoms in total. The lowest BCUT2D eigenvalue weighted by atomic mass is 10.1. The summed E-state index contributed by atoms with van der Waals surface area (Å²) in [7, 11) is 0. The molecule has 0 fully saturated rings. The van der Waals surface area contributed by atoms with E-state index in [1.54, 1.807) is 24.4 Å². The zero-order valence-corrected chi connectivity index (χ0v) is 17.1. The minimum Gasteiger partial charge on any atom is -0.454 e. The number of ketones is 1. The van der Waals surface area contributed by atoms with Gasteiger partial charge in [0.1, 0.15) is 0 Å². The number of benzene rings is 3. The summed E-state index contributed by atoms with van der Waals surface area (Å²) < 4.78 is 12.5. The molecule has 4 aromatic rings. The molecule has 0 saturated carbocycles. The summed E-state index contributed by atoms with van der Waals surface area (Å²) >= 11 is 5.98. The molecule has 0 radical (unpaired) electrons. The average Bonchev–Trinajstić information content (AvgIpc) is 3.39. The largest absolute Gasteiger partial charge is 0.454 e. The first-order valence-corrected chi connectivity index (χ1v) is 10.0. The van der Waals surface area contributed by atoms with Crippen molar-refractivity contribution in [2.45, 2.75) is 6.54 Å². The van der Waals surface area contributed by atoms with E-state index in [2.05, 4.69) is 5.32 Å². The first-order valence-electron chi connectivity index (χ1n) is 9.66. The molecule has 0 saturated heterocycles. The van der Waals surface area contributed by atoms with E-state index in [-0.39, 0.29) is 6.79 Å². The topological polar surface area (TPSA) is 69.6 Å². The number of anilines is 1. The highest BCUT2D eigenvalue weighted by Gasteiger charge is 2.23. The highest BCUT2D eigenvalue weighted by Crippen LogP contribution is 2.34. The number of fused-ring (bicyclic) bond motifs is 2. The Morgan fingerprint density at radius 3 is 2.58 bits per heavy atom. The Hall–Kier alpha value is -3.77. The van der Waals surface area contributed by atoms with Crippen LogP contribution in [-0.2, 0) is 11.3 Å². The number of carbonyl (C=O) groups excluding carboxylic acids is 2. The van der Waals surface area contributed by atoms with Crippen LogP contribution in [0.15, 0.2) is 72.9 Å². The molecule has 31 heavy (non-hydrogen) atoms. The molecule has 154 valence electrons. The van der Waals surface area contributed by atoms with Crippen LogP contribution in [0.3, 0.4) is 0 Å². The van der Waals surface area contributed by atoms with Gasteiger partial charge in [0.2, 0.25) is 6.79 Å². The van der Waals surface area contributed by atoms with E-state index in [1.165, 1.54) is 0 Å². The van der Waals surface area contributed by atoms with Crippen molar-refractivity contribution in [2.24, 2.45) is 0 Å². The molecule has 1 aromatic heterocycles. The van der Waals surface area contributed by atoms with Crippen molar-refractivity contribution in [3.05, 3.63) is 89.1 Å². The maximum absolute atomic E-state index is 13.0. The van der Waals surface area contributed by atoms with Crippen molar-refractivity contribution in [1.29, 1.82) is 0 Å². The molecule has 0 spiro atoms. The predicted molar refractivity (Wildman–Crippen MR) is 118 cm³/mol. The molecule has 1 aliphatic heterocycles. The van der Waals surface area contributed by atoms with Crippen LogP contribution < -0.4 is 14.8 Å². The van der Waals surface area contributed by atoms with Crippen molar-refractivity contribution in [3.8, 4) is 11.5 Å². The molecule has 0 bridgehead atoms. The number of carbonyl (C=O) groups is 2. The van der Waals surface area contributed by atoms with Gasteiger partial charge in [-0.25, -0.2) is 0 Å². The van der Waals surface area contributed by atoms with Crippen LogP contribution in [0.1, 0.15) is 15.9 Å². The summed E-state index contributed by atoms with van der Waals surface area (Å²) in [6, 6.07) is 20.0. The van der Waals surface area contributed by atoms with Gasteiger partial charge in [-0.1, -0.05) is 41.9 Å². The Kier molecular flexibility index (Phi) is 4.84. The molecule has 1 aliphatic rings. The van der Waals surface area contributed by atoms with Gasteiger partial charge in [0, 0.05) is 40.4 Å². The summed E-state index contributed by atoms with van der Waals surface area (Å²) in [4.78, 5) is 25.7. The van der Waals surface area contributed by atoms with Crippen molar-refractivity contribution in [1.82, 2.24) is 4.57 Å². The zero-order valence-electron chi connectivity index (χ0n) is 16.3. The van der Waals surface area contributed by atoms with Crippen molar-refractivity contribution >= 4 is 39.9 Å². The number of nitrogens with zero attached hydrogens (tertiary/aromatic N) is 1. The lowest BCUT2D eigenvalue weighted by molar-refractivity contribution is -0.112. The van der Waals surface area contributed by atoms with Gasteiger partial charge in [-0.2, -0.15) is 0 Å². The summed E-state index contributed by atoms with van der Waals surface area (Å²) in [6.07, 6.45) is 1.72. The second kappa shape index (κ2) is 7.81. The van der Waals surface area contributed by atoms with Crippen LogP contribution in [-0.4, -0.2) is 23.1 Å². The van der Waals surface area contributed by atoms with Crippen molar-refractivity contribution in [3.63, 3.8) is 0 Å². The molecule has 0 aliphatic carbocycles. The maximum Gasteiger partial charge on any atom is 0.296 e. The lowest BCUT2D eigenvalue weighted by Gasteiger charge is -2.05. The van der Waals surface area contributed by atoms with E-state index < -0.39 is 11.7 Å². The Morgan fingerprint density at radius 1 is 0.968 bits per heavy atom. The summed E-state index contributed by atoms with van der Waals surface area (Å²) in [5.74, 6) is -0.184. The zero-order chi connectivity index (χ0) is 21.4. The molecule has 7 heteroatoms. The van der Waals surface area contributed by atoms with Crippen LogP contribution in [0.4, 0.5) is 5.69 Å². The Bertz CT molecular complexity index is 1310. The van der Waals surface area contributed by atoms with Gasteiger partial charge in [-0.05, 0) is 35.9 Å². The van der Waals surface area contributed by atoms with Crippen LogP contribution in [0, 0.1) is 0 Å². The van der Waals surface area contributed by atoms with E-state index in [9.17, 15) is 9.59 Å². The molecule has 1 amide bonds. The third kappa shape index (κ3) is 3.73. The average molecular weight is 433 g/mol. The number of hydrogen-bond donors (Lipinski definition) is 1. The van der Waals surface area contributed by atoms with Crippen molar-refractivity contribution < 1.29 is 19.1 Å². The Balaban J connectivity index is 1.43. The van der Waals surface area contributed by atoms with Gasteiger partial charge in [0.25, 0.3) is 11.7 Å². The minimum atomic E-state index is -0.715. The number of aromatic nitrogens is 1. The SMILES string of the molecule is O=C(Nc1ccc2c(c1)OCO2)C(=O)c1cn(Cc2ccc(Cl)cc2)c2ccccc12. The number of rotatable bonds is 5. The van der Waals surface area contributed by atoms with Gasteiger partial charge in [0.15, 0.2) is 11.5 Å². The molecule has 0 atom stereocenters.